The molecular formula is C34H52N6O2. The van der Waals surface area contributed by atoms with E-state index in [1.54, 1.807) is 11.1 Å². The predicted octanol–water partition coefficient (Wildman–Crippen LogP) is 6.00. The molecule has 230 valence electrons. The van der Waals surface area contributed by atoms with Crippen molar-refractivity contribution in [3.8, 4) is 0 Å². The number of aliphatic hydroxyl groups is 1. The molecule has 1 saturated heterocycles. The van der Waals surface area contributed by atoms with Crippen molar-refractivity contribution < 1.29 is 9.90 Å². The van der Waals surface area contributed by atoms with E-state index in [9.17, 15) is 9.90 Å². The van der Waals surface area contributed by atoms with Crippen molar-refractivity contribution in [3.63, 3.8) is 0 Å². The quantitative estimate of drug-likeness (QED) is 0.0708. The van der Waals surface area contributed by atoms with Crippen molar-refractivity contribution in [3.05, 3.63) is 71.1 Å². The van der Waals surface area contributed by atoms with Crippen LogP contribution in [-0.2, 0) is 0 Å². The first-order chi connectivity index (χ1) is 20.3. The summed E-state index contributed by atoms with van der Waals surface area (Å²) in [6.45, 7) is 7.77. The van der Waals surface area contributed by atoms with E-state index < -0.39 is 0 Å². The summed E-state index contributed by atoms with van der Waals surface area (Å²) in [4.78, 5) is 20.6. The number of benzene rings is 1. The van der Waals surface area contributed by atoms with Crippen molar-refractivity contribution in [2.24, 2.45) is 16.8 Å². The normalized spacial score (nSPS) is 18.7. The molecular weight excluding hydrogens is 524 g/mol. The van der Waals surface area contributed by atoms with Crippen LogP contribution in [0.2, 0.25) is 0 Å². The average molecular weight is 577 g/mol. The maximum absolute atomic E-state index is 13.6. The highest BCUT2D eigenvalue weighted by Crippen LogP contribution is 2.32. The molecule has 3 rings (SSSR count). The van der Waals surface area contributed by atoms with Gasteiger partial charge in [-0.15, -0.1) is 0 Å². The number of anilines is 1. The van der Waals surface area contributed by atoms with Gasteiger partial charge in [-0.05, 0) is 82.6 Å². The summed E-state index contributed by atoms with van der Waals surface area (Å²) in [5, 5.41) is 14.0. The van der Waals surface area contributed by atoms with E-state index in [-0.39, 0.29) is 24.5 Å². The molecule has 1 fully saturated rings. The summed E-state index contributed by atoms with van der Waals surface area (Å²) in [6, 6.07) is 5.66. The number of likely N-dealkylation sites (tertiary alicyclic amines) is 1. The van der Waals surface area contributed by atoms with E-state index in [4.69, 9.17) is 16.6 Å². The Hall–Kier alpha value is -3.36. The van der Waals surface area contributed by atoms with E-state index in [1.165, 1.54) is 11.1 Å². The van der Waals surface area contributed by atoms with Crippen molar-refractivity contribution >= 4 is 23.0 Å². The zero-order valence-corrected chi connectivity index (χ0v) is 26.1. The molecule has 1 heterocycles. The van der Waals surface area contributed by atoms with Crippen molar-refractivity contribution in [1.82, 2.24) is 15.2 Å². The molecule has 1 aromatic carbocycles. The predicted molar refractivity (Wildman–Crippen MR) is 175 cm³/mol. The number of hydrogen-bond donors (Lipinski definition) is 4. The molecule has 42 heavy (non-hydrogen) atoms. The van der Waals surface area contributed by atoms with Gasteiger partial charge in [-0.2, -0.15) is 0 Å². The smallest absolute Gasteiger partial charge is 0.253 e. The fourth-order valence-corrected chi connectivity index (χ4v) is 5.68. The Balaban J connectivity index is 1.82. The highest BCUT2D eigenvalue weighted by molar-refractivity contribution is 6.03. The van der Waals surface area contributed by atoms with Gasteiger partial charge in [0.2, 0.25) is 0 Å². The second kappa shape index (κ2) is 16.9. The Labute approximate surface area is 252 Å². The summed E-state index contributed by atoms with van der Waals surface area (Å²) in [5.41, 5.74) is 12.9. The molecule has 0 saturated carbocycles. The van der Waals surface area contributed by atoms with Gasteiger partial charge >= 0.3 is 0 Å². The van der Waals surface area contributed by atoms with Gasteiger partial charge in [0.15, 0.2) is 0 Å². The van der Waals surface area contributed by atoms with Gasteiger partial charge in [0.05, 0.1) is 11.4 Å². The number of carbonyl (C=O) groups is 1. The van der Waals surface area contributed by atoms with Crippen LogP contribution in [0.1, 0.15) is 88.9 Å². The van der Waals surface area contributed by atoms with Crippen LogP contribution in [0.3, 0.4) is 0 Å². The SMILES string of the molecule is C/C=C(/C(CCCCCCO)=Nc1cc(C(=O)N2CCC(N(N)/C=C(/C)NC)CC2)ccc1N)C1C=C(CC)C=CC1. The average Bonchev–Trinajstić information content (AvgIpc) is 3.01. The van der Waals surface area contributed by atoms with Crippen LogP contribution < -0.4 is 16.9 Å². The molecule has 1 amide bonds. The Kier molecular flexibility index (Phi) is 13.4. The highest BCUT2D eigenvalue weighted by atomic mass is 16.2. The number of nitrogens with two attached hydrogens (primary N) is 2. The number of aliphatic hydroxyl groups excluding tert-OH is 1. The molecule has 2 aliphatic rings. The second-order valence-electron chi connectivity index (χ2n) is 11.3. The summed E-state index contributed by atoms with van der Waals surface area (Å²) in [6.07, 6.45) is 19.2. The van der Waals surface area contributed by atoms with Crippen LogP contribution in [0.25, 0.3) is 0 Å². The van der Waals surface area contributed by atoms with Crippen LogP contribution in [0.4, 0.5) is 11.4 Å². The first-order valence-corrected chi connectivity index (χ1v) is 15.6. The van der Waals surface area contributed by atoms with Gasteiger partial charge in [-0.3, -0.25) is 9.79 Å². The largest absolute Gasteiger partial charge is 0.397 e. The van der Waals surface area contributed by atoms with Gasteiger partial charge in [-0.1, -0.05) is 49.6 Å². The number of hydrogen-bond acceptors (Lipinski definition) is 7. The third-order valence-electron chi connectivity index (χ3n) is 8.35. The lowest BCUT2D eigenvalue weighted by Gasteiger charge is -2.36. The third-order valence-corrected chi connectivity index (χ3v) is 8.35. The fraction of sp³-hybridized carbons (Fsp3) is 0.529. The van der Waals surface area contributed by atoms with E-state index in [1.807, 2.05) is 37.2 Å². The molecule has 1 atom stereocenters. The molecule has 8 heteroatoms. The van der Waals surface area contributed by atoms with Gasteiger partial charge in [0, 0.05) is 61.9 Å². The number of nitrogen functional groups attached to an aromatic ring is 1. The Bertz CT molecular complexity index is 1190. The first kappa shape index (κ1) is 33.1. The lowest BCUT2D eigenvalue weighted by atomic mass is 9.84. The number of nitrogens with zero attached hydrogens (tertiary/aromatic N) is 3. The molecule has 1 unspecified atom stereocenters. The number of unbranched alkanes of at least 4 members (excludes halogenated alkanes) is 3. The van der Waals surface area contributed by atoms with E-state index in [2.05, 4.69) is 43.5 Å². The molecule has 0 aromatic heterocycles. The number of aliphatic imine (C=N–C) groups is 1. The van der Waals surface area contributed by atoms with Crippen LogP contribution in [-0.4, -0.2) is 59.4 Å². The van der Waals surface area contributed by atoms with Gasteiger partial charge < -0.3 is 26.1 Å². The van der Waals surface area contributed by atoms with Crippen LogP contribution in [0.5, 0.6) is 0 Å². The fourth-order valence-electron chi connectivity index (χ4n) is 5.68. The molecule has 0 spiro atoms. The van der Waals surface area contributed by atoms with Crippen molar-refractivity contribution in [2.45, 2.75) is 84.6 Å². The van der Waals surface area contributed by atoms with Gasteiger partial charge in [0.1, 0.15) is 0 Å². The molecule has 1 aromatic rings. The van der Waals surface area contributed by atoms with E-state index in [0.29, 0.717) is 30.0 Å². The maximum Gasteiger partial charge on any atom is 0.253 e. The molecule has 6 N–H and O–H groups in total. The van der Waals surface area contributed by atoms with Crippen LogP contribution >= 0.6 is 0 Å². The summed E-state index contributed by atoms with van der Waals surface area (Å²) >= 11 is 0. The van der Waals surface area contributed by atoms with Gasteiger partial charge in [0.25, 0.3) is 5.91 Å². The van der Waals surface area contributed by atoms with E-state index in [0.717, 1.165) is 69.2 Å². The minimum atomic E-state index is 0.000156. The summed E-state index contributed by atoms with van der Waals surface area (Å²) in [7, 11) is 1.88. The standard InChI is InChI=1S/C34H52N6O2/c1-5-26-12-11-13-27(22-26)30(6-2)32(14-9-7-8-10-21-41)38-33-23-28(15-16-31(33)35)34(42)39-19-17-29(18-20-39)40(36)24-25(3)37-4/h6,11-12,15-16,22-24,27,29,37,41H,5,7-10,13-14,17-21,35-36H2,1-4H3/b25-24-,30-6+,38-32?. The number of piperidine rings is 1. The monoisotopic (exact) mass is 576 g/mol. The van der Waals surface area contributed by atoms with Crippen LogP contribution in [0, 0.1) is 5.92 Å². The Morgan fingerprint density at radius 2 is 1.95 bits per heavy atom. The first-order valence-electron chi connectivity index (χ1n) is 15.6. The lowest BCUT2D eigenvalue weighted by molar-refractivity contribution is 0.0660. The van der Waals surface area contributed by atoms with Crippen LogP contribution in [0.15, 0.2) is 70.5 Å². The summed E-state index contributed by atoms with van der Waals surface area (Å²) < 4.78 is 0. The number of carbonyl (C=O) groups excluding carboxylic acids is 1. The van der Waals surface area contributed by atoms with E-state index >= 15 is 0 Å². The third kappa shape index (κ3) is 9.33. The molecule has 0 bridgehead atoms. The molecule has 8 nitrogen and oxygen atoms in total. The number of nitrogens with one attached hydrogen (secondary N) is 1. The molecule has 1 aliphatic heterocycles. The van der Waals surface area contributed by atoms with Crippen molar-refractivity contribution in [1.29, 1.82) is 0 Å². The molecule has 1 aliphatic carbocycles. The minimum absolute atomic E-state index is 0.000156. The van der Waals surface area contributed by atoms with Crippen molar-refractivity contribution in [2.75, 3.05) is 32.5 Å². The molecule has 0 radical (unpaired) electrons. The second-order valence-corrected chi connectivity index (χ2v) is 11.3. The zero-order chi connectivity index (χ0) is 30.5. The highest BCUT2D eigenvalue weighted by Gasteiger charge is 2.26. The topological polar surface area (TPSA) is 120 Å². The number of amides is 1. The number of allylic oxidation sites excluding steroid dienone is 7. The van der Waals surface area contributed by atoms with Gasteiger partial charge in [-0.25, -0.2) is 5.84 Å². The lowest BCUT2D eigenvalue weighted by Crippen LogP contribution is -2.47. The minimum Gasteiger partial charge on any atom is -0.397 e. The zero-order valence-electron chi connectivity index (χ0n) is 26.1. The summed E-state index contributed by atoms with van der Waals surface area (Å²) in [5.74, 6) is 6.54. The Morgan fingerprint density at radius 3 is 2.62 bits per heavy atom. The number of rotatable bonds is 14. The maximum atomic E-state index is 13.6. The number of hydrazine groups is 1. The Morgan fingerprint density at radius 1 is 1.21 bits per heavy atom.